The summed E-state index contributed by atoms with van der Waals surface area (Å²) in [5.74, 6) is -0.313. The van der Waals surface area contributed by atoms with Gasteiger partial charge in [-0.25, -0.2) is 4.39 Å². The predicted octanol–water partition coefficient (Wildman–Crippen LogP) is 1.65. The number of nitrogen functional groups attached to an aromatic ring is 1. The van der Waals surface area contributed by atoms with Crippen LogP contribution in [0.3, 0.4) is 0 Å². The largest absolute Gasteiger partial charge is 0.399 e. The smallest absolute Gasteiger partial charge is 0.125 e. The maximum Gasteiger partial charge on any atom is 0.125 e. The first-order chi connectivity index (χ1) is 6.74. The maximum atomic E-state index is 12.9. The summed E-state index contributed by atoms with van der Waals surface area (Å²) in [5, 5.41) is 4.02. The van der Waals surface area contributed by atoms with Gasteiger partial charge in [0.1, 0.15) is 5.82 Å². The number of nitrogens with two attached hydrogens (primary N) is 1. The average Bonchev–Trinajstić information content (AvgIpc) is 2.54. The molecule has 1 heterocycles. The summed E-state index contributed by atoms with van der Waals surface area (Å²) in [6, 6.07) is 6.32. The summed E-state index contributed by atoms with van der Waals surface area (Å²) in [5.41, 5.74) is 6.77. The van der Waals surface area contributed by atoms with Crippen molar-refractivity contribution in [3.8, 4) is 0 Å². The van der Waals surface area contributed by atoms with Crippen LogP contribution in [-0.4, -0.2) is 9.78 Å². The van der Waals surface area contributed by atoms with Gasteiger partial charge in [0.2, 0.25) is 0 Å². The van der Waals surface area contributed by atoms with Crippen molar-refractivity contribution in [2.75, 3.05) is 5.73 Å². The van der Waals surface area contributed by atoms with E-state index in [1.165, 1.54) is 12.1 Å². The zero-order valence-electron chi connectivity index (χ0n) is 7.52. The summed E-state index contributed by atoms with van der Waals surface area (Å²) in [4.78, 5) is 0. The second-order valence-electron chi connectivity index (χ2n) is 3.10. The minimum absolute atomic E-state index is 0.313. The van der Waals surface area contributed by atoms with E-state index in [9.17, 15) is 4.39 Å². The minimum atomic E-state index is -0.313. The Morgan fingerprint density at radius 3 is 2.86 bits per heavy atom. The molecule has 2 rings (SSSR count). The van der Waals surface area contributed by atoms with Crippen LogP contribution in [0.5, 0.6) is 0 Å². The molecule has 0 fully saturated rings. The molecule has 2 aromatic rings. The van der Waals surface area contributed by atoms with Gasteiger partial charge in [0, 0.05) is 18.1 Å². The molecule has 2 N–H and O–H groups in total. The molecule has 0 radical (unpaired) electrons. The SMILES string of the molecule is Nc1cc(F)cc(Cn2cccn2)c1. The molecule has 0 bridgehead atoms. The second kappa shape index (κ2) is 3.49. The van der Waals surface area contributed by atoms with Crippen molar-refractivity contribution in [3.05, 3.63) is 48.0 Å². The van der Waals surface area contributed by atoms with Gasteiger partial charge in [0.25, 0.3) is 0 Å². The molecule has 1 aromatic heterocycles. The monoisotopic (exact) mass is 191 g/mol. The van der Waals surface area contributed by atoms with E-state index in [2.05, 4.69) is 5.10 Å². The third-order valence-corrected chi connectivity index (χ3v) is 1.88. The highest BCUT2D eigenvalue weighted by atomic mass is 19.1. The Morgan fingerprint density at radius 2 is 2.21 bits per heavy atom. The van der Waals surface area contributed by atoms with E-state index in [1.54, 1.807) is 16.9 Å². The van der Waals surface area contributed by atoms with Gasteiger partial charge >= 0.3 is 0 Å². The van der Waals surface area contributed by atoms with E-state index < -0.39 is 0 Å². The fraction of sp³-hybridized carbons (Fsp3) is 0.100. The lowest BCUT2D eigenvalue weighted by molar-refractivity contribution is 0.620. The first kappa shape index (κ1) is 8.74. The fourth-order valence-electron chi connectivity index (χ4n) is 1.35. The number of rotatable bonds is 2. The maximum absolute atomic E-state index is 12.9. The highest BCUT2D eigenvalue weighted by Gasteiger charge is 1.99. The summed E-state index contributed by atoms with van der Waals surface area (Å²) in [6.07, 6.45) is 3.50. The number of hydrogen-bond acceptors (Lipinski definition) is 2. The van der Waals surface area contributed by atoms with Gasteiger partial charge in [0.15, 0.2) is 0 Å². The van der Waals surface area contributed by atoms with Crippen molar-refractivity contribution in [2.45, 2.75) is 6.54 Å². The molecular weight excluding hydrogens is 181 g/mol. The summed E-state index contributed by atoms with van der Waals surface area (Å²) >= 11 is 0. The zero-order valence-corrected chi connectivity index (χ0v) is 7.52. The van der Waals surface area contributed by atoms with Gasteiger partial charge in [-0.15, -0.1) is 0 Å². The minimum Gasteiger partial charge on any atom is -0.399 e. The van der Waals surface area contributed by atoms with Crippen LogP contribution in [0.25, 0.3) is 0 Å². The third-order valence-electron chi connectivity index (χ3n) is 1.88. The number of benzene rings is 1. The molecule has 0 aliphatic carbocycles. The summed E-state index contributed by atoms with van der Waals surface area (Å²) < 4.78 is 14.7. The quantitative estimate of drug-likeness (QED) is 0.733. The van der Waals surface area contributed by atoms with Crippen molar-refractivity contribution in [1.29, 1.82) is 0 Å². The topological polar surface area (TPSA) is 43.8 Å². The number of hydrogen-bond donors (Lipinski definition) is 1. The van der Waals surface area contributed by atoms with Crippen molar-refractivity contribution < 1.29 is 4.39 Å². The summed E-state index contributed by atoms with van der Waals surface area (Å²) in [6.45, 7) is 0.537. The van der Waals surface area contributed by atoms with Gasteiger partial charge in [-0.05, 0) is 29.8 Å². The van der Waals surface area contributed by atoms with Gasteiger partial charge in [0.05, 0.1) is 6.54 Å². The molecule has 0 saturated heterocycles. The Hall–Kier alpha value is -1.84. The first-order valence-electron chi connectivity index (χ1n) is 4.26. The Morgan fingerprint density at radius 1 is 1.36 bits per heavy atom. The molecule has 72 valence electrons. The number of nitrogens with zero attached hydrogens (tertiary/aromatic N) is 2. The first-order valence-corrected chi connectivity index (χ1v) is 4.26. The van der Waals surface area contributed by atoms with Gasteiger partial charge in [-0.3, -0.25) is 4.68 Å². The van der Waals surface area contributed by atoms with E-state index >= 15 is 0 Å². The van der Waals surface area contributed by atoms with Crippen LogP contribution in [0.2, 0.25) is 0 Å². The molecule has 4 heteroatoms. The lowest BCUT2D eigenvalue weighted by atomic mass is 10.2. The molecule has 0 spiro atoms. The molecular formula is C10H10FN3. The summed E-state index contributed by atoms with van der Waals surface area (Å²) in [7, 11) is 0. The lowest BCUT2D eigenvalue weighted by Crippen LogP contribution is -2.01. The Bertz CT molecular complexity index is 403. The Labute approximate surface area is 81.0 Å². The molecule has 0 aliphatic heterocycles. The Kier molecular flexibility index (Phi) is 2.18. The molecule has 0 unspecified atom stereocenters. The lowest BCUT2D eigenvalue weighted by Gasteiger charge is -2.03. The van der Waals surface area contributed by atoms with Crippen molar-refractivity contribution in [1.82, 2.24) is 9.78 Å². The number of halogens is 1. The number of anilines is 1. The average molecular weight is 191 g/mol. The molecule has 14 heavy (non-hydrogen) atoms. The molecule has 1 aromatic carbocycles. The normalized spacial score (nSPS) is 10.4. The van der Waals surface area contributed by atoms with Crippen molar-refractivity contribution in [3.63, 3.8) is 0 Å². The van der Waals surface area contributed by atoms with Crippen LogP contribution in [0.4, 0.5) is 10.1 Å². The van der Waals surface area contributed by atoms with Crippen molar-refractivity contribution in [2.24, 2.45) is 0 Å². The van der Waals surface area contributed by atoms with E-state index in [4.69, 9.17) is 5.73 Å². The molecule has 0 atom stereocenters. The van der Waals surface area contributed by atoms with Crippen LogP contribution < -0.4 is 5.73 Å². The third kappa shape index (κ3) is 1.90. The molecule has 0 aliphatic rings. The highest BCUT2D eigenvalue weighted by molar-refractivity contribution is 5.41. The highest BCUT2D eigenvalue weighted by Crippen LogP contribution is 2.11. The molecule has 0 saturated carbocycles. The van der Waals surface area contributed by atoms with Crippen LogP contribution in [-0.2, 0) is 6.54 Å². The van der Waals surface area contributed by atoms with Crippen molar-refractivity contribution >= 4 is 5.69 Å². The number of aromatic nitrogens is 2. The van der Waals surface area contributed by atoms with Gasteiger partial charge in [-0.1, -0.05) is 0 Å². The van der Waals surface area contributed by atoms with E-state index in [-0.39, 0.29) is 5.82 Å². The van der Waals surface area contributed by atoms with Crippen LogP contribution in [0.1, 0.15) is 5.56 Å². The van der Waals surface area contributed by atoms with Crippen LogP contribution in [0.15, 0.2) is 36.7 Å². The van der Waals surface area contributed by atoms with E-state index in [1.807, 2.05) is 12.3 Å². The predicted molar refractivity (Wildman–Crippen MR) is 52.1 cm³/mol. The second-order valence-corrected chi connectivity index (χ2v) is 3.10. The van der Waals surface area contributed by atoms with Gasteiger partial charge in [-0.2, -0.15) is 5.10 Å². The zero-order chi connectivity index (χ0) is 9.97. The fourth-order valence-corrected chi connectivity index (χ4v) is 1.35. The van der Waals surface area contributed by atoms with Crippen LogP contribution >= 0.6 is 0 Å². The van der Waals surface area contributed by atoms with Gasteiger partial charge < -0.3 is 5.73 Å². The van der Waals surface area contributed by atoms with Crippen LogP contribution in [0, 0.1) is 5.82 Å². The Balaban J connectivity index is 2.25. The van der Waals surface area contributed by atoms with E-state index in [0.717, 1.165) is 5.56 Å². The van der Waals surface area contributed by atoms with E-state index in [0.29, 0.717) is 12.2 Å². The molecule has 0 amide bonds. The standard InChI is InChI=1S/C10H10FN3/c11-9-4-8(5-10(12)6-9)7-14-3-1-2-13-14/h1-6H,7,12H2. The molecule has 3 nitrogen and oxygen atoms in total.